The Morgan fingerprint density at radius 2 is 1.67 bits per heavy atom. The van der Waals surface area contributed by atoms with Gasteiger partial charge in [0.05, 0.1) is 19.8 Å². The minimum atomic E-state index is -0.00454. The Kier molecular flexibility index (Phi) is 10.2. The second kappa shape index (κ2) is 10.3. The van der Waals surface area contributed by atoms with Crippen LogP contribution in [0.15, 0.2) is 0 Å². The molecule has 1 atom stereocenters. The van der Waals surface area contributed by atoms with Crippen LogP contribution >= 0.6 is 0 Å². The molecular formula is C10H25N3O2. The molecule has 0 aromatic rings. The fraction of sp³-hybridized carbons (Fsp3) is 1.00. The molecule has 4 N–H and O–H groups in total. The van der Waals surface area contributed by atoms with E-state index in [1.54, 1.807) is 0 Å². The molecular weight excluding hydrogens is 194 g/mol. The van der Waals surface area contributed by atoms with Crippen LogP contribution < -0.4 is 11.5 Å². The Hall–Kier alpha value is -0.200. The number of ether oxygens (including phenoxy) is 2. The summed E-state index contributed by atoms with van der Waals surface area (Å²) in [5, 5.41) is 0. The summed E-state index contributed by atoms with van der Waals surface area (Å²) in [6, 6.07) is 0. The summed E-state index contributed by atoms with van der Waals surface area (Å²) in [4.78, 5) is 2.20. The van der Waals surface area contributed by atoms with Gasteiger partial charge in [0.25, 0.3) is 0 Å². The fourth-order valence-electron chi connectivity index (χ4n) is 1.36. The van der Waals surface area contributed by atoms with Gasteiger partial charge in [-0.05, 0) is 13.1 Å². The van der Waals surface area contributed by atoms with Gasteiger partial charge < -0.3 is 20.9 Å². The zero-order chi connectivity index (χ0) is 11.5. The summed E-state index contributed by atoms with van der Waals surface area (Å²) < 4.78 is 11.0. The minimum Gasteiger partial charge on any atom is -0.376 e. The van der Waals surface area contributed by atoms with Gasteiger partial charge >= 0.3 is 0 Å². The zero-order valence-electron chi connectivity index (χ0n) is 9.95. The summed E-state index contributed by atoms with van der Waals surface area (Å²) in [5.41, 5.74) is 10.8. The van der Waals surface area contributed by atoms with Gasteiger partial charge in [-0.1, -0.05) is 13.8 Å². The summed E-state index contributed by atoms with van der Waals surface area (Å²) in [6.07, 6.45) is -0.00454. The number of likely N-dealkylation sites (N-methyl/N-ethyl adjacent to an activating group) is 1. The van der Waals surface area contributed by atoms with Crippen molar-refractivity contribution >= 4 is 0 Å². The van der Waals surface area contributed by atoms with Crippen molar-refractivity contribution in [3.8, 4) is 0 Å². The molecule has 0 radical (unpaired) electrons. The first kappa shape index (κ1) is 14.8. The Bertz CT molecular complexity index is 132. The zero-order valence-corrected chi connectivity index (χ0v) is 9.95. The average Bonchev–Trinajstić information content (AvgIpc) is 2.26. The maximum Gasteiger partial charge on any atom is 0.134 e. The highest BCUT2D eigenvalue weighted by molar-refractivity contribution is 4.60. The first-order valence-corrected chi connectivity index (χ1v) is 5.63. The van der Waals surface area contributed by atoms with Crippen molar-refractivity contribution in [2.45, 2.75) is 20.1 Å². The van der Waals surface area contributed by atoms with Gasteiger partial charge in [0.15, 0.2) is 0 Å². The van der Waals surface area contributed by atoms with E-state index in [2.05, 4.69) is 18.7 Å². The third-order valence-corrected chi connectivity index (χ3v) is 2.17. The van der Waals surface area contributed by atoms with Crippen LogP contribution in [0.4, 0.5) is 0 Å². The molecule has 0 aliphatic heterocycles. The van der Waals surface area contributed by atoms with Crippen LogP contribution in [0.2, 0.25) is 0 Å². The van der Waals surface area contributed by atoms with Crippen molar-refractivity contribution in [2.75, 3.05) is 46.0 Å². The monoisotopic (exact) mass is 219 g/mol. The van der Waals surface area contributed by atoms with Gasteiger partial charge in [0.2, 0.25) is 0 Å². The molecule has 5 nitrogen and oxygen atoms in total. The highest BCUT2D eigenvalue weighted by Gasteiger charge is 2.15. The highest BCUT2D eigenvalue weighted by atomic mass is 16.5. The van der Waals surface area contributed by atoms with E-state index in [1.807, 2.05) is 0 Å². The van der Waals surface area contributed by atoms with E-state index >= 15 is 0 Å². The largest absolute Gasteiger partial charge is 0.376 e. The molecule has 0 rings (SSSR count). The van der Waals surface area contributed by atoms with Crippen molar-refractivity contribution < 1.29 is 9.47 Å². The van der Waals surface area contributed by atoms with Crippen molar-refractivity contribution in [3.63, 3.8) is 0 Å². The lowest BCUT2D eigenvalue weighted by Gasteiger charge is -2.29. The van der Waals surface area contributed by atoms with Crippen molar-refractivity contribution in [3.05, 3.63) is 0 Å². The minimum absolute atomic E-state index is 0.00454. The molecule has 0 aromatic heterocycles. The maximum absolute atomic E-state index is 5.62. The number of nitrogens with two attached hydrogens (primary N) is 2. The molecule has 92 valence electrons. The Balaban J connectivity index is 3.91. The van der Waals surface area contributed by atoms with E-state index in [9.17, 15) is 0 Å². The summed E-state index contributed by atoms with van der Waals surface area (Å²) in [7, 11) is 0. The predicted molar refractivity (Wildman–Crippen MR) is 61.6 cm³/mol. The molecule has 0 bridgehead atoms. The molecule has 0 spiro atoms. The van der Waals surface area contributed by atoms with Crippen molar-refractivity contribution in [1.29, 1.82) is 0 Å². The molecule has 0 amide bonds. The quantitative estimate of drug-likeness (QED) is 0.386. The first-order valence-electron chi connectivity index (χ1n) is 5.63. The van der Waals surface area contributed by atoms with E-state index in [1.165, 1.54) is 0 Å². The van der Waals surface area contributed by atoms with Gasteiger partial charge in [-0.2, -0.15) is 0 Å². The van der Waals surface area contributed by atoms with Crippen LogP contribution in [0, 0.1) is 0 Å². The van der Waals surface area contributed by atoms with Crippen molar-refractivity contribution in [1.82, 2.24) is 4.90 Å². The van der Waals surface area contributed by atoms with Crippen LogP contribution in [-0.4, -0.2) is 57.1 Å². The maximum atomic E-state index is 5.62. The lowest BCUT2D eigenvalue weighted by Crippen LogP contribution is -2.41. The number of rotatable bonds is 10. The molecule has 0 aliphatic rings. The van der Waals surface area contributed by atoms with E-state index in [0.717, 1.165) is 13.1 Å². The van der Waals surface area contributed by atoms with Crippen LogP contribution in [0.1, 0.15) is 13.8 Å². The van der Waals surface area contributed by atoms with Crippen LogP contribution in [0.25, 0.3) is 0 Å². The van der Waals surface area contributed by atoms with Gasteiger partial charge in [-0.3, -0.25) is 4.90 Å². The molecule has 0 aliphatic carbocycles. The third-order valence-electron chi connectivity index (χ3n) is 2.17. The van der Waals surface area contributed by atoms with Crippen molar-refractivity contribution in [2.24, 2.45) is 11.5 Å². The van der Waals surface area contributed by atoms with E-state index < -0.39 is 0 Å². The van der Waals surface area contributed by atoms with E-state index in [-0.39, 0.29) is 6.23 Å². The van der Waals surface area contributed by atoms with Crippen LogP contribution in [-0.2, 0) is 9.47 Å². The van der Waals surface area contributed by atoms with Gasteiger partial charge in [0.1, 0.15) is 6.23 Å². The Morgan fingerprint density at radius 1 is 1.07 bits per heavy atom. The SMILES string of the molecule is CCN(CC)C(COCCN)OCCN. The number of nitrogens with zero attached hydrogens (tertiary/aromatic N) is 1. The normalized spacial score (nSPS) is 13.4. The molecule has 0 aromatic carbocycles. The van der Waals surface area contributed by atoms with Crippen LogP contribution in [0.3, 0.4) is 0 Å². The second-order valence-corrected chi connectivity index (χ2v) is 3.20. The predicted octanol–water partition coefficient (Wildman–Crippen LogP) is -0.395. The Labute approximate surface area is 92.7 Å². The summed E-state index contributed by atoms with van der Waals surface area (Å²) in [5.74, 6) is 0. The molecule has 0 saturated carbocycles. The fourth-order valence-corrected chi connectivity index (χ4v) is 1.36. The lowest BCUT2D eigenvalue weighted by atomic mass is 10.4. The highest BCUT2D eigenvalue weighted by Crippen LogP contribution is 2.01. The molecule has 1 unspecified atom stereocenters. The average molecular weight is 219 g/mol. The van der Waals surface area contributed by atoms with Gasteiger partial charge in [-0.15, -0.1) is 0 Å². The number of hydrogen-bond donors (Lipinski definition) is 2. The Morgan fingerprint density at radius 3 is 2.13 bits per heavy atom. The summed E-state index contributed by atoms with van der Waals surface area (Å²) in [6.45, 7) is 8.86. The van der Waals surface area contributed by atoms with Gasteiger partial charge in [0, 0.05) is 13.1 Å². The first-order chi connectivity index (χ1) is 7.29. The van der Waals surface area contributed by atoms with E-state index in [0.29, 0.717) is 32.9 Å². The molecule has 0 saturated heterocycles. The topological polar surface area (TPSA) is 73.7 Å². The lowest BCUT2D eigenvalue weighted by molar-refractivity contribution is -0.0960. The van der Waals surface area contributed by atoms with Crippen LogP contribution in [0.5, 0.6) is 0 Å². The molecule has 5 heteroatoms. The molecule has 0 fully saturated rings. The third kappa shape index (κ3) is 6.81. The standard InChI is InChI=1S/C10H25N3O2/c1-3-13(4-2)10(15-8-6-12)9-14-7-5-11/h10H,3-9,11-12H2,1-2H3. The number of hydrogen-bond acceptors (Lipinski definition) is 5. The van der Waals surface area contributed by atoms with E-state index in [4.69, 9.17) is 20.9 Å². The smallest absolute Gasteiger partial charge is 0.134 e. The summed E-state index contributed by atoms with van der Waals surface area (Å²) >= 11 is 0. The molecule has 0 heterocycles. The molecule has 15 heavy (non-hydrogen) atoms. The second-order valence-electron chi connectivity index (χ2n) is 3.20. The van der Waals surface area contributed by atoms with Gasteiger partial charge in [-0.25, -0.2) is 0 Å².